The summed E-state index contributed by atoms with van der Waals surface area (Å²) in [4.78, 5) is 30.7. The van der Waals surface area contributed by atoms with Crippen LogP contribution in [0.2, 0.25) is 0 Å². The molecule has 4 aliphatic carbocycles. The van der Waals surface area contributed by atoms with Crippen LogP contribution in [0.3, 0.4) is 0 Å². The van der Waals surface area contributed by atoms with Crippen molar-refractivity contribution in [2.75, 3.05) is 26.2 Å². The minimum Gasteiger partial charge on any atom is -0.396 e. The van der Waals surface area contributed by atoms with Gasteiger partial charge in [-0.05, 0) is 163 Å². The maximum absolute atomic E-state index is 12.7. The van der Waals surface area contributed by atoms with E-state index in [1.165, 1.54) is 148 Å². The van der Waals surface area contributed by atoms with Crippen LogP contribution in [0.1, 0.15) is 206 Å². The molecule has 9 atom stereocenters. The van der Waals surface area contributed by atoms with Crippen LogP contribution in [0.25, 0.3) is 0 Å². The lowest BCUT2D eigenvalue weighted by Gasteiger charge is -2.53. The molecule has 2 amide bonds. The first-order chi connectivity index (χ1) is 27.5. The fourth-order valence-electron chi connectivity index (χ4n) is 11.8. The Morgan fingerprint density at radius 2 is 1.16 bits per heavy atom. The van der Waals surface area contributed by atoms with Crippen molar-refractivity contribution in [3.63, 3.8) is 0 Å². The predicted octanol–water partition coefficient (Wildman–Crippen LogP) is 11.4. The van der Waals surface area contributed by atoms with E-state index in [1.807, 2.05) is 0 Å². The fourth-order valence-corrected chi connectivity index (χ4v) is 11.8. The highest BCUT2D eigenvalue weighted by Gasteiger charge is 2.52. The average Bonchev–Trinajstić information content (AvgIpc) is 3.65. The molecule has 56 heavy (non-hydrogen) atoms. The smallest absolute Gasteiger partial charge is 0.220 e. The van der Waals surface area contributed by atoms with Crippen LogP contribution in [-0.2, 0) is 14.4 Å². The Morgan fingerprint density at radius 1 is 0.607 bits per heavy atom. The van der Waals surface area contributed by atoms with E-state index in [0.717, 1.165) is 73.7 Å². The molecule has 4 aliphatic rings. The van der Waals surface area contributed by atoms with Gasteiger partial charge in [-0.15, -0.1) is 0 Å². The highest BCUT2D eigenvalue weighted by atomic mass is 16.7. The summed E-state index contributed by atoms with van der Waals surface area (Å²) in [5.74, 6) is 7.20. The number of hydroxylamine groups is 1. The molecule has 0 aromatic carbocycles. The Bertz CT molecular complexity index is 1070. The molecule has 0 aliphatic heterocycles. The summed E-state index contributed by atoms with van der Waals surface area (Å²) in [7, 11) is 0. The van der Waals surface area contributed by atoms with Gasteiger partial charge in [0.25, 0.3) is 0 Å². The van der Waals surface area contributed by atoms with Gasteiger partial charge in [-0.1, -0.05) is 90.2 Å². The Labute approximate surface area is 344 Å². The van der Waals surface area contributed by atoms with Gasteiger partial charge in [-0.3, -0.25) is 14.4 Å². The molecule has 7 nitrogen and oxygen atoms in total. The highest BCUT2D eigenvalue weighted by molar-refractivity contribution is 5.76. The first-order valence-corrected chi connectivity index (χ1v) is 24.7. The number of nitrogens with one attached hydrogen (secondary N) is 3. The van der Waals surface area contributed by atoms with Crippen LogP contribution in [-0.4, -0.2) is 49.3 Å². The van der Waals surface area contributed by atoms with Gasteiger partial charge in [-0.25, -0.2) is 5.48 Å². The van der Waals surface area contributed by atoms with Crippen molar-refractivity contribution in [1.29, 1.82) is 0 Å². The van der Waals surface area contributed by atoms with Gasteiger partial charge >= 0.3 is 0 Å². The molecule has 4 rings (SSSR count). The van der Waals surface area contributed by atoms with Gasteiger partial charge in [0, 0.05) is 39.1 Å². The largest absolute Gasteiger partial charge is 0.396 e. The monoisotopic (exact) mass is 784 g/mol. The number of aliphatic hydroxyl groups is 1. The number of hydrogen-bond acceptors (Lipinski definition) is 5. The number of aliphatic hydroxyl groups excluding tert-OH is 1. The van der Waals surface area contributed by atoms with Gasteiger partial charge in [0.05, 0.1) is 6.10 Å². The van der Waals surface area contributed by atoms with Gasteiger partial charge in [0.1, 0.15) is 0 Å². The van der Waals surface area contributed by atoms with Gasteiger partial charge in [0.2, 0.25) is 11.8 Å². The zero-order valence-electron chi connectivity index (χ0n) is 36.6. The molecular weight excluding hydrogens is 695 g/mol. The van der Waals surface area contributed by atoms with Crippen LogP contribution in [0, 0.1) is 47.3 Å². The van der Waals surface area contributed by atoms with Gasteiger partial charge in [0.15, 0.2) is 0 Å². The minimum absolute atomic E-state index is 0.0574. The van der Waals surface area contributed by atoms with E-state index in [9.17, 15) is 9.59 Å². The standard InChI is InChI=1S/C49H89N3O4/c1-3-4-5-6-7-8-9-10-11-12-13-14-15-16-17-21-36-52-56-41-26-28-43-40(38-41)25-27-46-45(43)32-31-44-42(29-30-47(44)46)39(2)24-33-49(55)50-34-20-18-19-23-48(54)51-35-22-37-53/h10-11,39-47,52-53H,3-9,12-38H2,1-2H3,(H,50,55)(H,51,54)/b11-10-/t39-,40?,41-,42-,43?,44?,45?,46?,47?/m1/s1. The normalized spacial score (nSPS) is 27.8. The third-order valence-electron chi connectivity index (χ3n) is 14.9. The molecule has 4 N–H and O–H groups in total. The van der Waals surface area contributed by atoms with Crippen LogP contribution in [0.15, 0.2) is 12.2 Å². The Balaban J connectivity index is 0.988. The van der Waals surface area contributed by atoms with Crippen molar-refractivity contribution in [3.05, 3.63) is 12.2 Å². The maximum Gasteiger partial charge on any atom is 0.220 e. The lowest BCUT2D eigenvalue weighted by Crippen LogP contribution is -2.46. The topological polar surface area (TPSA) is 99.7 Å². The Morgan fingerprint density at radius 3 is 1.91 bits per heavy atom. The molecule has 0 saturated heterocycles. The zero-order valence-corrected chi connectivity index (χ0v) is 36.6. The summed E-state index contributed by atoms with van der Waals surface area (Å²) in [5, 5.41) is 14.8. The van der Waals surface area contributed by atoms with Crippen molar-refractivity contribution in [3.8, 4) is 0 Å². The molecular formula is C49H89N3O4. The zero-order chi connectivity index (χ0) is 39.6. The highest BCUT2D eigenvalue weighted by Crippen LogP contribution is 2.60. The number of carbonyl (C=O) groups excluding carboxylic acids is 2. The second-order valence-electron chi connectivity index (χ2n) is 19.0. The summed E-state index contributed by atoms with van der Waals surface area (Å²) in [6.45, 7) is 7.08. The van der Waals surface area contributed by atoms with E-state index in [-0.39, 0.29) is 18.4 Å². The van der Waals surface area contributed by atoms with Crippen molar-refractivity contribution < 1.29 is 19.5 Å². The van der Waals surface area contributed by atoms with Crippen LogP contribution < -0.4 is 16.1 Å². The lowest BCUT2D eigenvalue weighted by atomic mass is 9.53. The third kappa shape index (κ3) is 17.4. The first kappa shape index (κ1) is 47.2. The van der Waals surface area contributed by atoms with Crippen LogP contribution >= 0.6 is 0 Å². The summed E-state index contributed by atoms with van der Waals surface area (Å²) in [5.41, 5.74) is 3.39. The van der Waals surface area contributed by atoms with E-state index < -0.39 is 0 Å². The summed E-state index contributed by atoms with van der Waals surface area (Å²) in [6.07, 6.45) is 42.1. The number of allylic oxidation sites excluding steroid dienone is 2. The van der Waals surface area contributed by atoms with Crippen molar-refractivity contribution in [2.24, 2.45) is 47.3 Å². The lowest BCUT2D eigenvalue weighted by molar-refractivity contribution is -0.122. The third-order valence-corrected chi connectivity index (χ3v) is 14.9. The maximum atomic E-state index is 12.7. The van der Waals surface area contributed by atoms with Crippen molar-refractivity contribution >= 4 is 11.8 Å². The molecule has 7 heteroatoms. The van der Waals surface area contributed by atoms with Crippen molar-refractivity contribution in [1.82, 2.24) is 16.1 Å². The van der Waals surface area contributed by atoms with Gasteiger partial charge < -0.3 is 15.7 Å². The quantitative estimate of drug-likeness (QED) is 0.0319. The molecule has 324 valence electrons. The molecule has 0 bridgehead atoms. The number of unbranched alkanes of at least 4 members (excludes halogenated alkanes) is 14. The SMILES string of the molecule is CCCCCCCC/C=C\CCCCCCCCNO[C@@H]1CCC2C(CCC3C2CCC2C3CC[C@@H]2[C@H](C)CCC(=O)NCCCCCC(=O)NCCCO)C1. The molecule has 0 spiro atoms. The van der Waals surface area contributed by atoms with Crippen LogP contribution in [0.5, 0.6) is 0 Å². The van der Waals surface area contributed by atoms with E-state index >= 15 is 0 Å². The number of amides is 2. The average molecular weight is 784 g/mol. The summed E-state index contributed by atoms with van der Waals surface area (Å²) < 4.78 is 0. The molecule has 0 aromatic heterocycles. The minimum atomic E-state index is 0.0574. The molecule has 0 heterocycles. The molecule has 4 saturated carbocycles. The Kier molecular flexibility index (Phi) is 24.4. The summed E-state index contributed by atoms with van der Waals surface area (Å²) >= 11 is 0. The number of carbonyl (C=O) groups is 2. The molecule has 6 unspecified atom stereocenters. The second-order valence-corrected chi connectivity index (χ2v) is 19.0. The van der Waals surface area contributed by atoms with E-state index in [4.69, 9.17) is 9.94 Å². The molecule has 4 fully saturated rings. The van der Waals surface area contributed by atoms with E-state index in [0.29, 0.717) is 44.4 Å². The van der Waals surface area contributed by atoms with E-state index in [1.54, 1.807) is 0 Å². The summed E-state index contributed by atoms with van der Waals surface area (Å²) in [6, 6.07) is 0. The second kappa shape index (κ2) is 28.9. The van der Waals surface area contributed by atoms with E-state index in [2.05, 4.69) is 42.1 Å². The van der Waals surface area contributed by atoms with Gasteiger partial charge in [-0.2, -0.15) is 0 Å². The molecule has 0 aromatic rings. The Hall–Kier alpha value is -1.44. The fraction of sp³-hybridized carbons (Fsp3) is 0.918. The number of fused-ring (bicyclic) bond motifs is 5. The number of hydrogen-bond donors (Lipinski definition) is 4. The van der Waals surface area contributed by atoms with Crippen molar-refractivity contribution in [2.45, 2.75) is 213 Å². The number of rotatable bonds is 31. The first-order valence-electron chi connectivity index (χ1n) is 24.7. The van der Waals surface area contributed by atoms with Crippen LogP contribution in [0.4, 0.5) is 0 Å². The molecule has 0 radical (unpaired) electrons. The predicted molar refractivity (Wildman–Crippen MR) is 233 cm³/mol.